The van der Waals surface area contributed by atoms with Crippen LogP contribution in [0.1, 0.15) is 22.3 Å². The Morgan fingerprint density at radius 2 is 1.66 bits per heavy atom. The third-order valence-corrected chi connectivity index (χ3v) is 6.92. The molecule has 4 rings (SSSR count). The molecule has 0 saturated heterocycles. The van der Waals surface area contributed by atoms with Crippen molar-refractivity contribution in [3.05, 3.63) is 89.0 Å². The van der Waals surface area contributed by atoms with Crippen molar-refractivity contribution in [3.63, 3.8) is 0 Å². The van der Waals surface area contributed by atoms with Gasteiger partial charge in [0.2, 0.25) is 0 Å². The van der Waals surface area contributed by atoms with Gasteiger partial charge in [-0.25, -0.2) is 9.59 Å². The lowest BCUT2D eigenvalue weighted by molar-refractivity contribution is -0.143. The predicted molar refractivity (Wildman–Crippen MR) is 130 cm³/mol. The molecule has 1 N–H and O–H groups in total. The molecule has 0 radical (unpaired) electrons. The van der Waals surface area contributed by atoms with Crippen LogP contribution in [0.5, 0.6) is 5.75 Å². The number of hydrogen-bond donors (Lipinski definition) is 1. The number of methoxy groups -OCH3 is 1. The summed E-state index contributed by atoms with van der Waals surface area (Å²) in [5.41, 5.74) is 0.0786. The van der Waals surface area contributed by atoms with Crippen LogP contribution in [0.15, 0.2) is 66.7 Å². The van der Waals surface area contributed by atoms with Crippen molar-refractivity contribution in [2.24, 2.45) is 0 Å². The van der Waals surface area contributed by atoms with Gasteiger partial charge in [0, 0.05) is 6.42 Å². The molecule has 0 aromatic heterocycles. The number of esters is 1. The minimum atomic E-state index is -5.82. The third kappa shape index (κ3) is 5.91. The second kappa shape index (κ2) is 10.7. The van der Waals surface area contributed by atoms with Crippen molar-refractivity contribution in [3.8, 4) is 16.9 Å². The van der Waals surface area contributed by atoms with Gasteiger partial charge < -0.3 is 19.0 Å². The average Bonchev–Trinajstić information content (AvgIpc) is 3.26. The molecular formula is C26H22F3NO7S. The molecule has 8 nitrogen and oxygen atoms in total. The highest BCUT2D eigenvalue weighted by Crippen LogP contribution is 2.38. The smallest absolute Gasteiger partial charge is 0.467 e. The van der Waals surface area contributed by atoms with Crippen LogP contribution in [0.25, 0.3) is 11.1 Å². The van der Waals surface area contributed by atoms with Crippen LogP contribution in [-0.2, 0) is 43.8 Å². The molecule has 0 heterocycles. The number of carbonyl (C=O) groups excluding carboxylic acids is 2. The first-order chi connectivity index (χ1) is 18.0. The van der Waals surface area contributed by atoms with Crippen molar-refractivity contribution in [1.29, 1.82) is 0 Å². The van der Waals surface area contributed by atoms with E-state index < -0.39 is 39.5 Å². The molecule has 200 valence electrons. The van der Waals surface area contributed by atoms with Crippen molar-refractivity contribution in [2.45, 2.75) is 31.0 Å². The zero-order valence-corrected chi connectivity index (χ0v) is 20.8. The topological polar surface area (TPSA) is 108 Å². The molecule has 3 aromatic rings. The van der Waals surface area contributed by atoms with E-state index in [1.54, 1.807) is 0 Å². The van der Waals surface area contributed by atoms with Gasteiger partial charge in [0.05, 0.1) is 7.11 Å². The zero-order valence-electron chi connectivity index (χ0n) is 19.9. The Morgan fingerprint density at radius 1 is 0.974 bits per heavy atom. The Morgan fingerprint density at radius 3 is 2.34 bits per heavy atom. The maximum Gasteiger partial charge on any atom is 0.534 e. The molecule has 12 heteroatoms. The number of rotatable bonds is 8. The Labute approximate surface area is 216 Å². The van der Waals surface area contributed by atoms with E-state index in [0.29, 0.717) is 12.0 Å². The highest BCUT2D eigenvalue weighted by molar-refractivity contribution is 7.88. The van der Waals surface area contributed by atoms with E-state index in [1.807, 2.05) is 42.5 Å². The fraction of sp³-hybridized carbons (Fsp3) is 0.231. The van der Waals surface area contributed by atoms with Gasteiger partial charge in [-0.05, 0) is 51.9 Å². The number of fused-ring (bicyclic) bond motifs is 3. The van der Waals surface area contributed by atoms with Crippen LogP contribution in [0.3, 0.4) is 0 Å². The van der Waals surface area contributed by atoms with Crippen LogP contribution in [0, 0.1) is 0 Å². The molecule has 0 spiro atoms. The van der Waals surface area contributed by atoms with Gasteiger partial charge in [0.15, 0.2) is 0 Å². The fourth-order valence-electron chi connectivity index (χ4n) is 4.11. The molecule has 0 saturated carbocycles. The van der Waals surface area contributed by atoms with E-state index in [0.717, 1.165) is 41.5 Å². The Bertz CT molecular complexity index is 1450. The monoisotopic (exact) mass is 549 g/mol. The molecule has 0 aliphatic heterocycles. The first-order valence-electron chi connectivity index (χ1n) is 11.3. The average molecular weight is 550 g/mol. The number of nitrogens with one attached hydrogen (secondary N) is 1. The molecule has 0 fully saturated rings. The van der Waals surface area contributed by atoms with Crippen LogP contribution in [0.2, 0.25) is 0 Å². The summed E-state index contributed by atoms with van der Waals surface area (Å²) < 4.78 is 74.0. The summed E-state index contributed by atoms with van der Waals surface area (Å²) in [7, 11) is -4.69. The normalized spacial score (nSPS) is 13.2. The maximum atomic E-state index is 12.5. The van der Waals surface area contributed by atoms with Crippen LogP contribution < -0.4 is 9.50 Å². The van der Waals surface area contributed by atoms with Gasteiger partial charge in [-0.1, -0.05) is 54.6 Å². The number of halogens is 3. The zero-order chi connectivity index (χ0) is 27.5. The first kappa shape index (κ1) is 27.0. The van der Waals surface area contributed by atoms with Gasteiger partial charge in [-0.3, -0.25) is 0 Å². The standard InChI is InChI=1S/C26H22F3NO7S/c1-35-24(31)23(13-16-9-11-19(12-10-16)37-38(33,34)26(27,28)29)30-25(32)36-15-18-6-4-8-21-20-7-3-2-5-17(20)14-22(18)21/h2-12,23H,13-15H2,1H3,(H,30,32). The van der Waals surface area contributed by atoms with E-state index in [4.69, 9.17) is 9.47 Å². The molecule has 1 unspecified atom stereocenters. The van der Waals surface area contributed by atoms with Crippen molar-refractivity contribution >= 4 is 22.2 Å². The number of ether oxygens (including phenoxy) is 2. The second-order valence-corrected chi connectivity index (χ2v) is 9.94. The van der Waals surface area contributed by atoms with Crippen LogP contribution in [-0.4, -0.2) is 39.1 Å². The highest BCUT2D eigenvalue weighted by atomic mass is 32.2. The minimum absolute atomic E-state index is 0.0311. The van der Waals surface area contributed by atoms with E-state index >= 15 is 0 Å². The molecule has 3 aromatic carbocycles. The van der Waals surface area contributed by atoms with Crippen molar-refractivity contribution in [1.82, 2.24) is 5.32 Å². The lowest BCUT2D eigenvalue weighted by Crippen LogP contribution is -2.43. The second-order valence-electron chi connectivity index (χ2n) is 8.40. The Kier molecular flexibility index (Phi) is 7.63. The SMILES string of the molecule is COC(=O)C(Cc1ccc(OS(=O)(=O)C(F)(F)F)cc1)NC(=O)OCc1cccc2c1Cc1ccccc1-2. The van der Waals surface area contributed by atoms with Gasteiger partial charge >= 0.3 is 27.7 Å². The summed E-state index contributed by atoms with van der Waals surface area (Å²) >= 11 is 0. The summed E-state index contributed by atoms with van der Waals surface area (Å²) in [6.45, 7) is -0.0311. The minimum Gasteiger partial charge on any atom is -0.467 e. The van der Waals surface area contributed by atoms with E-state index in [1.165, 1.54) is 17.7 Å². The van der Waals surface area contributed by atoms with Gasteiger partial charge in [-0.15, -0.1) is 0 Å². The Balaban J connectivity index is 1.38. The number of benzene rings is 3. The first-order valence-corrected chi connectivity index (χ1v) is 12.7. The van der Waals surface area contributed by atoms with E-state index in [2.05, 4.69) is 9.50 Å². The quantitative estimate of drug-likeness (QED) is 0.196. The summed E-state index contributed by atoms with van der Waals surface area (Å²) in [6.07, 6.45) is -0.268. The summed E-state index contributed by atoms with van der Waals surface area (Å²) in [4.78, 5) is 24.8. The van der Waals surface area contributed by atoms with E-state index in [-0.39, 0.29) is 13.0 Å². The highest BCUT2D eigenvalue weighted by Gasteiger charge is 2.48. The Hall–Kier alpha value is -4.06. The summed E-state index contributed by atoms with van der Waals surface area (Å²) in [5, 5.41) is 2.43. The molecule has 1 amide bonds. The molecule has 0 bridgehead atoms. The van der Waals surface area contributed by atoms with Crippen molar-refractivity contribution in [2.75, 3.05) is 7.11 Å². The number of carbonyl (C=O) groups is 2. The predicted octanol–water partition coefficient (Wildman–Crippen LogP) is 4.50. The number of alkyl carbamates (subject to hydrolysis) is 1. The van der Waals surface area contributed by atoms with Gasteiger partial charge in [-0.2, -0.15) is 21.6 Å². The lowest BCUT2D eigenvalue weighted by atomic mass is 10.0. The molecule has 38 heavy (non-hydrogen) atoms. The largest absolute Gasteiger partial charge is 0.534 e. The summed E-state index contributed by atoms with van der Waals surface area (Å²) in [5.74, 6) is -1.34. The number of alkyl halides is 3. The molecular weight excluding hydrogens is 527 g/mol. The number of amides is 1. The van der Waals surface area contributed by atoms with E-state index in [9.17, 15) is 31.2 Å². The van der Waals surface area contributed by atoms with Crippen LogP contribution >= 0.6 is 0 Å². The number of hydrogen-bond acceptors (Lipinski definition) is 7. The summed E-state index contributed by atoms with van der Waals surface area (Å²) in [6, 6.07) is 17.1. The molecule has 1 aliphatic rings. The molecule has 1 aliphatic carbocycles. The molecule has 1 atom stereocenters. The third-order valence-electron chi connectivity index (χ3n) is 5.94. The van der Waals surface area contributed by atoms with Gasteiger partial charge in [0.25, 0.3) is 0 Å². The fourth-order valence-corrected chi connectivity index (χ4v) is 4.57. The maximum absolute atomic E-state index is 12.5. The van der Waals surface area contributed by atoms with Crippen molar-refractivity contribution < 1.29 is 44.8 Å². The van der Waals surface area contributed by atoms with Gasteiger partial charge in [0.1, 0.15) is 18.4 Å². The van der Waals surface area contributed by atoms with Crippen LogP contribution in [0.4, 0.5) is 18.0 Å². The lowest BCUT2D eigenvalue weighted by Gasteiger charge is -2.17.